The van der Waals surface area contributed by atoms with E-state index in [0.717, 1.165) is 10.9 Å². The minimum atomic E-state index is -0.227. The number of nitrogens with zero attached hydrogens (tertiary/aromatic N) is 2. The number of anilines is 1. The highest BCUT2D eigenvalue weighted by Gasteiger charge is 2.32. The quantitative estimate of drug-likeness (QED) is 0.182. The maximum absolute atomic E-state index is 13.5. The van der Waals surface area contributed by atoms with E-state index in [1.54, 1.807) is 6.07 Å². The summed E-state index contributed by atoms with van der Waals surface area (Å²) in [5.41, 5.74) is 3.63. The van der Waals surface area contributed by atoms with Crippen LogP contribution < -0.4 is 16.0 Å². The van der Waals surface area contributed by atoms with Gasteiger partial charge in [0.1, 0.15) is 11.4 Å². The van der Waals surface area contributed by atoms with Crippen molar-refractivity contribution in [3.63, 3.8) is 0 Å². The molecule has 0 radical (unpaired) electrons. The van der Waals surface area contributed by atoms with Gasteiger partial charge >= 0.3 is 0 Å². The predicted molar refractivity (Wildman–Crippen MR) is 126 cm³/mol. The van der Waals surface area contributed by atoms with Crippen molar-refractivity contribution in [1.29, 1.82) is 0 Å². The Bertz CT molecular complexity index is 1100. The van der Waals surface area contributed by atoms with Crippen LogP contribution in [0.2, 0.25) is 0 Å². The molecule has 1 heterocycles. The van der Waals surface area contributed by atoms with Crippen LogP contribution in [-0.2, 0) is 6.54 Å². The molecule has 0 amide bonds. The van der Waals surface area contributed by atoms with Gasteiger partial charge in [-0.2, -0.15) is 5.10 Å². The molecule has 172 valence electrons. The van der Waals surface area contributed by atoms with Crippen LogP contribution in [0, 0.1) is 0 Å². The largest absolute Gasteiger partial charge is 0.507 e. The molecule has 1 aromatic heterocycles. The summed E-state index contributed by atoms with van der Waals surface area (Å²) in [6.45, 7) is 3.57. The van der Waals surface area contributed by atoms with E-state index in [9.17, 15) is 9.90 Å². The number of nitrogens with one attached hydrogen (secondary N) is 3. The summed E-state index contributed by atoms with van der Waals surface area (Å²) in [4.78, 5) is 13.5. The highest BCUT2D eigenvalue weighted by atomic mass is 35.5. The minimum absolute atomic E-state index is 0. The van der Waals surface area contributed by atoms with Gasteiger partial charge < -0.3 is 31.3 Å². The van der Waals surface area contributed by atoms with Gasteiger partial charge in [-0.3, -0.25) is 9.48 Å². The molecule has 32 heavy (non-hydrogen) atoms. The van der Waals surface area contributed by atoms with Crippen LogP contribution in [0.15, 0.2) is 30.3 Å². The Balaban J connectivity index is 0.00000289. The van der Waals surface area contributed by atoms with Gasteiger partial charge in [-0.05, 0) is 18.2 Å². The Hall–Kier alpha value is -2.69. The molecule has 3 aromatic rings. The molecule has 9 nitrogen and oxygen atoms in total. The molecule has 0 saturated carbocycles. The number of aliphatic hydroxyl groups is 2. The number of rotatable bonds is 11. The number of aromatic hydroxyl groups is 1. The van der Waals surface area contributed by atoms with Crippen molar-refractivity contribution in [2.75, 3.05) is 51.3 Å². The van der Waals surface area contributed by atoms with E-state index >= 15 is 0 Å². The monoisotopic (exact) mass is 461 g/mol. The normalized spacial score (nSPS) is 12.0. The number of phenolic OH excluding ortho intramolecular Hbond substituents is 1. The van der Waals surface area contributed by atoms with Gasteiger partial charge in [0, 0.05) is 49.4 Å². The van der Waals surface area contributed by atoms with Crippen LogP contribution in [0.5, 0.6) is 5.75 Å². The Kier molecular flexibility index (Phi) is 8.05. The summed E-state index contributed by atoms with van der Waals surface area (Å²) in [6.07, 6.45) is 0. The third-order valence-electron chi connectivity index (χ3n) is 5.37. The van der Waals surface area contributed by atoms with E-state index in [0.29, 0.717) is 61.8 Å². The molecule has 0 aliphatic heterocycles. The Morgan fingerprint density at radius 2 is 1.66 bits per heavy atom. The number of carbonyl (C=O) groups excluding carboxylic acids is 1. The standard InChI is InChI=1S/C22H27N5O4.ClH/c28-12-9-23-6-7-25-15-4-5-16-20-19(15)22(31)18-14(2-1-3-17(18)30)21(20)26-27(16)11-8-24-10-13-29;/h1-5,23-25,28-30H,6-13H2;1H. The number of hydrogen-bond acceptors (Lipinski definition) is 8. The third kappa shape index (κ3) is 4.43. The average Bonchev–Trinajstić information content (AvgIpc) is 3.14. The van der Waals surface area contributed by atoms with Gasteiger partial charge in [0.05, 0.1) is 36.4 Å². The van der Waals surface area contributed by atoms with Gasteiger partial charge in [-0.1, -0.05) is 12.1 Å². The van der Waals surface area contributed by atoms with E-state index in [2.05, 4.69) is 16.0 Å². The van der Waals surface area contributed by atoms with Crippen LogP contribution in [-0.4, -0.2) is 76.8 Å². The van der Waals surface area contributed by atoms with Crippen molar-refractivity contribution >= 4 is 34.8 Å². The summed E-state index contributed by atoms with van der Waals surface area (Å²) < 4.78 is 1.86. The number of benzene rings is 2. The second-order valence-corrected chi connectivity index (χ2v) is 7.36. The average molecular weight is 462 g/mol. The summed E-state index contributed by atoms with van der Waals surface area (Å²) in [5, 5.41) is 43.4. The van der Waals surface area contributed by atoms with Crippen molar-refractivity contribution in [2.24, 2.45) is 0 Å². The van der Waals surface area contributed by atoms with Crippen molar-refractivity contribution in [3.05, 3.63) is 41.5 Å². The van der Waals surface area contributed by atoms with Crippen molar-refractivity contribution in [3.8, 4) is 17.0 Å². The molecular weight excluding hydrogens is 434 g/mol. The molecule has 2 aromatic carbocycles. The Morgan fingerprint density at radius 3 is 2.41 bits per heavy atom. The highest BCUT2D eigenvalue weighted by molar-refractivity contribution is 6.28. The molecule has 0 atom stereocenters. The molecule has 6 N–H and O–H groups in total. The van der Waals surface area contributed by atoms with Gasteiger partial charge in [-0.15, -0.1) is 12.4 Å². The van der Waals surface area contributed by atoms with E-state index in [-0.39, 0.29) is 42.7 Å². The fraction of sp³-hybridized carbons (Fsp3) is 0.364. The topological polar surface area (TPSA) is 132 Å². The number of fused-ring (bicyclic) bond motifs is 2. The minimum Gasteiger partial charge on any atom is -0.507 e. The van der Waals surface area contributed by atoms with Gasteiger partial charge in [-0.25, -0.2) is 0 Å². The van der Waals surface area contributed by atoms with Crippen LogP contribution in [0.3, 0.4) is 0 Å². The van der Waals surface area contributed by atoms with Crippen LogP contribution >= 0.6 is 12.4 Å². The maximum atomic E-state index is 13.5. The Labute approximate surface area is 191 Å². The fourth-order valence-electron chi connectivity index (χ4n) is 3.99. The highest BCUT2D eigenvalue weighted by Crippen LogP contribution is 2.44. The SMILES string of the molecule is Cl.O=C1c2c(O)cccc2-c2nn(CCNCCO)c3ccc(NCCNCCO)c1c23. The lowest BCUT2D eigenvalue weighted by molar-refractivity contribution is 0.103. The molecule has 4 rings (SSSR count). The molecule has 0 spiro atoms. The fourth-order valence-corrected chi connectivity index (χ4v) is 3.99. The van der Waals surface area contributed by atoms with Gasteiger partial charge in [0.2, 0.25) is 0 Å². The smallest absolute Gasteiger partial charge is 0.200 e. The number of hydrogen-bond donors (Lipinski definition) is 6. The molecule has 1 aliphatic rings. The zero-order valence-electron chi connectivity index (χ0n) is 17.6. The van der Waals surface area contributed by atoms with Crippen LogP contribution in [0.4, 0.5) is 5.69 Å². The van der Waals surface area contributed by atoms with E-state index in [1.807, 2.05) is 22.9 Å². The van der Waals surface area contributed by atoms with E-state index in [1.165, 1.54) is 6.07 Å². The second kappa shape index (κ2) is 10.8. The molecular formula is C22H28ClN5O4. The lowest BCUT2D eigenvalue weighted by atomic mass is 9.86. The number of halogens is 1. The first-order valence-corrected chi connectivity index (χ1v) is 10.4. The lowest BCUT2D eigenvalue weighted by Crippen LogP contribution is -2.25. The first-order chi connectivity index (χ1) is 15.2. The first-order valence-electron chi connectivity index (χ1n) is 10.4. The van der Waals surface area contributed by atoms with Crippen molar-refractivity contribution in [1.82, 2.24) is 20.4 Å². The zero-order chi connectivity index (χ0) is 21.8. The van der Waals surface area contributed by atoms with Crippen LogP contribution in [0.25, 0.3) is 22.2 Å². The summed E-state index contributed by atoms with van der Waals surface area (Å²) in [7, 11) is 0. The lowest BCUT2D eigenvalue weighted by Gasteiger charge is -2.19. The number of aromatic nitrogens is 2. The molecule has 10 heteroatoms. The van der Waals surface area contributed by atoms with Crippen molar-refractivity contribution < 1.29 is 20.1 Å². The predicted octanol–water partition coefficient (Wildman–Crippen LogP) is 0.951. The molecule has 0 fully saturated rings. The van der Waals surface area contributed by atoms with E-state index in [4.69, 9.17) is 15.3 Å². The number of carbonyl (C=O) groups is 1. The van der Waals surface area contributed by atoms with Crippen molar-refractivity contribution in [2.45, 2.75) is 6.54 Å². The molecule has 0 bridgehead atoms. The molecule has 0 saturated heterocycles. The van der Waals surface area contributed by atoms with E-state index < -0.39 is 0 Å². The van der Waals surface area contributed by atoms with Crippen LogP contribution in [0.1, 0.15) is 15.9 Å². The third-order valence-corrected chi connectivity index (χ3v) is 5.37. The maximum Gasteiger partial charge on any atom is 0.200 e. The number of ketones is 1. The molecule has 1 aliphatic carbocycles. The summed E-state index contributed by atoms with van der Waals surface area (Å²) in [5.74, 6) is -0.283. The summed E-state index contributed by atoms with van der Waals surface area (Å²) in [6, 6.07) is 8.87. The summed E-state index contributed by atoms with van der Waals surface area (Å²) >= 11 is 0. The first kappa shape index (κ1) is 24.0. The number of aliphatic hydroxyl groups excluding tert-OH is 2. The van der Waals surface area contributed by atoms with Gasteiger partial charge in [0.25, 0.3) is 0 Å². The second-order valence-electron chi connectivity index (χ2n) is 7.36. The number of phenols is 1. The zero-order valence-corrected chi connectivity index (χ0v) is 18.4. The Morgan fingerprint density at radius 1 is 0.906 bits per heavy atom. The van der Waals surface area contributed by atoms with Gasteiger partial charge in [0.15, 0.2) is 5.78 Å². The molecule has 0 unspecified atom stereocenters.